The molecular weight excluding hydrogens is 188 g/mol. The van der Waals surface area contributed by atoms with Crippen LogP contribution in [0.2, 0.25) is 0 Å². The van der Waals surface area contributed by atoms with E-state index in [1.165, 1.54) is 0 Å². The fraction of sp³-hybridized carbons (Fsp3) is 0.250. The lowest BCUT2D eigenvalue weighted by Crippen LogP contribution is -2.50. The van der Waals surface area contributed by atoms with E-state index in [0.717, 1.165) is 29.9 Å². The molecule has 2 aromatic rings. The van der Waals surface area contributed by atoms with Crippen molar-refractivity contribution >= 4 is 10.9 Å². The van der Waals surface area contributed by atoms with Gasteiger partial charge in [-0.15, -0.1) is 0 Å². The average molecular weight is 200 g/mol. The fourth-order valence-corrected chi connectivity index (χ4v) is 1.63. The highest BCUT2D eigenvalue weighted by molar-refractivity contribution is 5.78. The first-order valence-corrected chi connectivity index (χ1v) is 5.15. The number of ether oxygens (including phenoxy) is 1. The van der Waals surface area contributed by atoms with Crippen LogP contribution in [0.3, 0.4) is 0 Å². The molecule has 0 aliphatic carbocycles. The Hall–Kier alpha value is -1.61. The van der Waals surface area contributed by atoms with Crippen molar-refractivity contribution in [2.75, 3.05) is 13.1 Å². The molecule has 1 aromatic heterocycles. The molecule has 0 bridgehead atoms. The lowest BCUT2D eigenvalue weighted by molar-refractivity contribution is 0.136. The van der Waals surface area contributed by atoms with E-state index in [2.05, 4.69) is 16.4 Å². The third-order valence-electron chi connectivity index (χ3n) is 2.60. The molecule has 0 atom stereocenters. The molecule has 1 aliphatic rings. The molecule has 0 amide bonds. The van der Waals surface area contributed by atoms with Crippen LogP contribution in [0.5, 0.6) is 5.88 Å². The summed E-state index contributed by atoms with van der Waals surface area (Å²) >= 11 is 0. The monoisotopic (exact) mass is 200 g/mol. The van der Waals surface area contributed by atoms with Crippen LogP contribution >= 0.6 is 0 Å². The molecule has 0 spiro atoms. The Morgan fingerprint density at radius 3 is 2.80 bits per heavy atom. The maximum atomic E-state index is 5.68. The standard InChI is InChI=1S/C12H12N2O/c1-2-4-11-9(3-1)5-6-12(14-11)15-10-7-13-8-10/h1-6,10,13H,7-8H2. The van der Waals surface area contributed by atoms with Gasteiger partial charge in [0.15, 0.2) is 0 Å². The molecule has 0 unspecified atom stereocenters. The van der Waals surface area contributed by atoms with Gasteiger partial charge < -0.3 is 10.1 Å². The van der Waals surface area contributed by atoms with Gasteiger partial charge in [0.05, 0.1) is 5.52 Å². The van der Waals surface area contributed by atoms with Crippen LogP contribution in [0.25, 0.3) is 10.9 Å². The predicted molar refractivity (Wildman–Crippen MR) is 59.0 cm³/mol. The summed E-state index contributed by atoms with van der Waals surface area (Å²) in [6.45, 7) is 1.85. The molecule has 1 aliphatic heterocycles. The van der Waals surface area contributed by atoms with Crippen molar-refractivity contribution in [1.82, 2.24) is 10.3 Å². The quantitative estimate of drug-likeness (QED) is 0.799. The Balaban J connectivity index is 1.91. The summed E-state index contributed by atoms with van der Waals surface area (Å²) in [5.74, 6) is 0.722. The lowest BCUT2D eigenvalue weighted by Gasteiger charge is -2.27. The van der Waals surface area contributed by atoms with Gasteiger partial charge in [0.25, 0.3) is 0 Å². The maximum absolute atomic E-state index is 5.68. The third kappa shape index (κ3) is 1.66. The van der Waals surface area contributed by atoms with E-state index in [1.54, 1.807) is 0 Å². The van der Waals surface area contributed by atoms with E-state index < -0.39 is 0 Å². The van der Waals surface area contributed by atoms with E-state index >= 15 is 0 Å². The van der Waals surface area contributed by atoms with E-state index in [-0.39, 0.29) is 0 Å². The first kappa shape index (κ1) is 8.68. The minimum Gasteiger partial charge on any atom is -0.472 e. The number of hydrogen-bond donors (Lipinski definition) is 1. The van der Waals surface area contributed by atoms with Crippen molar-refractivity contribution < 1.29 is 4.74 Å². The zero-order valence-corrected chi connectivity index (χ0v) is 8.31. The normalized spacial score (nSPS) is 16.3. The van der Waals surface area contributed by atoms with Gasteiger partial charge in [0.2, 0.25) is 5.88 Å². The first-order chi connectivity index (χ1) is 7.42. The summed E-state index contributed by atoms with van der Waals surface area (Å²) in [5.41, 5.74) is 0.988. The summed E-state index contributed by atoms with van der Waals surface area (Å²) in [5, 5.41) is 4.32. The third-order valence-corrected chi connectivity index (χ3v) is 2.60. The van der Waals surface area contributed by atoms with Crippen LogP contribution in [0.1, 0.15) is 0 Å². The van der Waals surface area contributed by atoms with Crippen LogP contribution < -0.4 is 10.1 Å². The number of nitrogens with zero attached hydrogens (tertiary/aromatic N) is 1. The average Bonchev–Trinajstić information content (AvgIpc) is 2.23. The van der Waals surface area contributed by atoms with Crippen molar-refractivity contribution in [3.63, 3.8) is 0 Å². The highest BCUT2D eigenvalue weighted by atomic mass is 16.5. The largest absolute Gasteiger partial charge is 0.472 e. The molecule has 1 fully saturated rings. The van der Waals surface area contributed by atoms with E-state index in [4.69, 9.17) is 4.74 Å². The maximum Gasteiger partial charge on any atom is 0.214 e. The molecule has 2 heterocycles. The number of para-hydroxylation sites is 1. The number of fused-ring (bicyclic) bond motifs is 1. The van der Waals surface area contributed by atoms with Gasteiger partial charge in [-0.05, 0) is 12.1 Å². The van der Waals surface area contributed by atoms with Crippen molar-refractivity contribution in [2.24, 2.45) is 0 Å². The minimum absolute atomic E-state index is 0.290. The summed E-state index contributed by atoms with van der Waals surface area (Å²) in [6, 6.07) is 12.0. The number of hydrogen-bond acceptors (Lipinski definition) is 3. The molecule has 3 nitrogen and oxygen atoms in total. The highest BCUT2D eigenvalue weighted by Gasteiger charge is 2.18. The number of benzene rings is 1. The molecular formula is C12H12N2O. The smallest absolute Gasteiger partial charge is 0.214 e. The second-order valence-corrected chi connectivity index (χ2v) is 3.74. The van der Waals surface area contributed by atoms with E-state index in [1.807, 2.05) is 30.3 Å². The molecule has 15 heavy (non-hydrogen) atoms. The fourth-order valence-electron chi connectivity index (χ4n) is 1.63. The van der Waals surface area contributed by atoms with Gasteiger partial charge in [-0.3, -0.25) is 0 Å². The van der Waals surface area contributed by atoms with Gasteiger partial charge in [-0.1, -0.05) is 18.2 Å². The second-order valence-electron chi connectivity index (χ2n) is 3.74. The minimum atomic E-state index is 0.290. The number of aromatic nitrogens is 1. The van der Waals surface area contributed by atoms with Crippen molar-refractivity contribution in [3.8, 4) is 5.88 Å². The Morgan fingerprint density at radius 1 is 1.13 bits per heavy atom. The summed E-state index contributed by atoms with van der Waals surface area (Å²) in [4.78, 5) is 4.45. The Morgan fingerprint density at radius 2 is 2.00 bits per heavy atom. The number of rotatable bonds is 2. The van der Waals surface area contributed by atoms with E-state index in [0.29, 0.717) is 6.10 Å². The van der Waals surface area contributed by atoms with Gasteiger partial charge in [0, 0.05) is 24.5 Å². The van der Waals surface area contributed by atoms with E-state index in [9.17, 15) is 0 Å². The Labute approximate surface area is 88.1 Å². The summed E-state index contributed by atoms with van der Waals surface area (Å²) in [6.07, 6.45) is 0.290. The molecule has 76 valence electrons. The van der Waals surface area contributed by atoms with Crippen molar-refractivity contribution in [1.29, 1.82) is 0 Å². The second kappa shape index (κ2) is 3.51. The lowest BCUT2D eigenvalue weighted by atomic mass is 10.2. The van der Waals surface area contributed by atoms with Crippen molar-refractivity contribution in [2.45, 2.75) is 6.10 Å². The van der Waals surface area contributed by atoms with Crippen molar-refractivity contribution in [3.05, 3.63) is 36.4 Å². The van der Waals surface area contributed by atoms with Gasteiger partial charge in [-0.25, -0.2) is 4.98 Å². The van der Waals surface area contributed by atoms with Gasteiger partial charge in [0.1, 0.15) is 6.10 Å². The summed E-state index contributed by atoms with van der Waals surface area (Å²) in [7, 11) is 0. The Kier molecular flexibility index (Phi) is 2.03. The number of pyridine rings is 1. The molecule has 3 rings (SSSR count). The van der Waals surface area contributed by atoms with Crippen LogP contribution in [0, 0.1) is 0 Å². The molecule has 3 heteroatoms. The first-order valence-electron chi connectivity index (χ1n) is 5.15. The zero-order chi connectivity index (χ0) is 10.1. The highest BCUT2D eigenvalue weighted by Crippen LogP contribution is 2.17. The van der Waals surface area contributed by atoms with Crippen LogP contribution in [-0.4, -0.2) is 24.2 Å². The van der Waals surface area contributed by atoms with Crippen LogP contribution in [0.15, 0.2) is 36.4 Å². The molecule has 1 aromatic carbocycles. The van der Waals surface area contributed by atoms with Crippen LogP contribution in [0.4, 0.5) is 0 Å². The number of nitrogens with one attached hydrogen (secondary N) is 1. The molecule has 1 saturated heterocycles. The predicted octanol–water partition coefficient (Wildman–Crippen LogP) is 1.59. The van der Waals surface area contributed by atoms with Gasteiger partial charge >= 0.3 is 0 Å². The van der Waals surface area contributed by atoms with Crippen LogP contribution in [-0.2, 0) is 0 Å². The summed E-state index contributed by atoms with van der Waals surface area (Å²) < 4.78 is 5.68. The molecule has 1 N–H and O–H groups in total. The zero-order valence-electron chi connectivity index (χ0n) is 8.31. The Bertz CT molecular complexity index is 480. The molecule has 0 saturated carbocycles. The molecule has 0 radical (unpaired) electrons. The SMILES string of the molecule is c1ccc2nc(OC3CNC3)ccc2c1. The van der Waals surface area contributed by atoms with Gasteiger partial charge in [-0.2, -0.15) is 0 Å². The topological polar surface area (TPSA) is 34.1 Å².